The number of nitrogens with two attached hydrogens (primary N) is 1. The van der Waals surface area contributed by atoms with E-state index in [0.29, 0.717) is 17.1 Å². The van der Waals surface area contributed by atoms with Gasteiger partial charge in [0.25, 0.3) is 0 Å². The summed E-state index contributed by atoms with van der Waals surface area (Å²) in [5.74, 6) is -0.289. The number of rotatable bonds is 5. The Morgan fingerprint density at radius 1 is 1.30 bits per heavy atom. The number of ether oxygens (including phenoxy) is 1. The number of nitrogens with one attached hydrogen (secondary N) is 1. The molecule has 1 aromatic heterocycles. The summed E-state index contributed by atoms with van der Waals surface area (Å²) in [6, 6.07) is 9.68. The van der Waals surface area contributed by atoms with E-state index >= 15 is 0 Å². The molecule has 1 heterocycles. The summed E-state index contributed by atoms with van der Waals surface area (Å²) in [5.41, 5.74) is 6.67. The van der Waals surface area contributed by atoms with Gasteiger partial charge in [0.1, 0.15) is 5.75 Å². The third-order valence-corrected chi connectivity index (χ3v) is 2.52. The fraction of sp³-hybridized carbons (Fsp3) is 0.143. The lowest BCUT2D eigenvalue weighted by atomic mass is 10.3. The molecule has 0 aliphatic carbocycles. The number of hydrogen-bond acceptors (Lipinski definition) is 4. The van der Waals surface area contributed by atoms with Crippen molar-refractivity contribution in [1.82, 2.24) is 4.98 Å². The van der Waals surface area contributed by atoms with Crippen molar-refractivity contribution in [2.75, 3.05) is 17.7 Å². The predicted octanol–water partition coefficient (Wildman–Crippen LogP) is 2.21. The van der Waals surface area contributed by atoms with E-state index in [4.69, 9.17) is 10.5 Å². The van der Waals surface area contributed by atoms with Crippen LogP contribution in [0.15, 0.2) is 42.6 Å². The molecule has 0 radical (unpaired) electrons. The van der Waals surface area contributed by atoms with Crippen LogP contribution in [-0.2, 0) is 4.79 Å². The third-order valence-electron chi connectivity index (χ3n) is 2.52. The van der Waals surface area contributed by atoms with Crippen molar-refractivity contribution in [2.24, 2.45) is 0 Å². The number of anilines is 2. The topological polar surface area (TPSA) is 77.2 Å². The largest absolute Gasteiger partial charge is 0.491 e. The fourth-order valence-electron chi connectivity index (χ4n) is 1.54. The van der Waals surface area contributed by atoms with Crippen LogP contribution in [0, 0.1) is 5.95 Å². The third kappa shape index (κ3) is 3.94. The van der Waals surface area contributed by atoms with Crippen LogP contribution >= 0.6 is 0 Å². The average molecular weight is 275 g/mol. The van der Waals surface area contributed by atoms with E-state index in [0.717, 1.165) is 0 Å². The van der Waals surface area contributed by atoms with Crippen LogP contribution in [0.25, 0.3) is 0 Å². The maximum absolute atomic E-state index is 12.6. The number of benzene rings is 1. The van der Waals surface area contributed by atoms with Gasteiger partial charge in [-0.2, -0.15) is 4.39 Å². The summed E-state index contributed by atoms with van der Waals surface area (Å²) in [5, 5.41) is 2.59. The Hall–Kier alpha value is -2.63. The van der Waals surface area contributed by atoms with E-state index in [2.05, 4.69) is 10.3 Å². The number of nitrogen functional groups attached to an aromatic ring is 1. The van der Waals surface area contributed by atoms with Crippen molar-refractivity contribution in [3.63, 3.8) is 0 Å². The van der Waals surface area contributed by atoms with E-state index in [1.807, 2.05) is 0 Å². The summed E-state index contributed by atoms with van der Waals surface area (Å²) in [7, 11) is 0. The van der Waals surface area contributed by atoms with Gasteiger partial charge in [-0.3, -0.25) is 4.79 Å². The van der Waals surface area contributed by atoms with Gasteiger partial charge in [0, 0.05) is 0 Å². The molecule has 5 nitrogen and oxygen atoms in total. The Labute approximate surface area is 115 Å². The zero-order chi connectivity index (χ0) is 14.4. The Bertz CT molecular complexity index is 587. The molecule has 2 rings (SSSR count). The molecule has 104 valence electrons. The minimum Gasteiger partial charge on any atom is -0.491 e. The van der Waals surface area contributed by atoms with Gasteiger partial charge in [0.2, 0.25) is 11.9 Å². The van der Waals surface area contributed by atoms with Crippen LogP contribution in [-0.4, -0.2) is 17.5 Å². The van der Waals surface area contributed by atoms with E-state index < -0.39 is 5.95 Å². The minimum absolute atomic E-state index is 0.158. The first-order valence-corrected chi connectivity index (χ1v) is 6.04. The second-order valence-electron chi connectivity index (χ2n) is 4.05. The number of carbonyl (C=O) groups is 1. The van der Waals surface area contributed by atoms with Gasteiger partial charge in [-0.15, -0.1) is 0 Å². The molecule has 0 saturated carbocycles. The highest BCUT2D eigenvalue weighted by atomic mass is 19.1. The zero-order valence-electron chi connectivity index (χ0n) is 10.7. The van der Waals surface area contributed by atoms with Crippen LogP contribution < -0.4 is 15.8 Å². The first kappa shape index (κ1) is 13.8. The van der Waals surface area contributed by atoms with Crippen LogP contribution in [0.5, 0.6) is 5.75 Å². The Balaban J connectivity index is 1.78. The molecule has 0 aliphatic rings. The standard InChI is InChI=1S/C14H14FN3O2/c15-13-6-5-10(9-17-13)18-14(19)7-8-20-12-4-2-1-3-11(12)16/h1-6,9H,7-8,16H2,(H,18,19). The Kier molecular flexibility index (Phi) is 4.49. The number of carbonyl (C=O) groups excluding carboxylic acids is 1. The first-order valence-electron chi connectivity index (χ1n) is 6.04. The summed E-state index contributed by atoms with van der Waals surface area (Å²) in [6.45, 7) is 0.203. The lowest BCUT2D eigenvalue weighted by molar-refractivity contribution is -0.116. The average Bonchev–Trinajstić information content (AvgIpc) is 2.43. The van der Waals surface area contributed by atoms with Gasteiger partial charge in [-0.1, -0.05) is 12.1 Å². The van der Waals surface area contributed by atoms with Gasteiger partial charge >= 0.3 is 0 Å². The van der Waals surface area contributed by atoms with Crippen LogP contribution in [0.4, 0.5) is 15.8 Å². The molecule has 0 atom stereocenters. The molecule has 0 bridgehead atoms. The number of nitrogens with zero attached hydrogens (tertiary/aromatic N) is 1. The predicted molar refractivity (Wildman–Crippen MR) is 73.8 cm³/mol. The summed E-state index contributed by atoms with van der Waals surface area (Å²) < 4.78 is 18.0. The molecule has 0 aliphatic heterocycles. The number of pyridine rings is 1. The van der Waals surface area contributed by atoms with Crippen molar-refractivity contribution in [2.45, 2.75) is 6.42 Å². The smallest absolute Gasteiger partial charge is 0.227 e. The molecule has 6 heteroatoms. The van der Waals surface area contributed by atoms with Gasteiger partial charge in [0.15, 0.2) is 0 Å². The molecule has 0 unspecified atom stereocenters. The molecule has 1 amide bonds. The second kappa shape index (κ2) is 6.51. The lowest BCUT2D eigenvalue weighted by Crippen LogP contribution is -2.15. The quantitative estimate of drug-likeness (QED) is 0.648. The van der Waals surface area contributed by atoms with Crippen molar-refractivity contribution >= 4 is 17.3 Å². The molecule has 0 fully saturated rings. The maximum Gasteiger partial charge on any atom is 0.227 e. The van der Waals surface area contributed by atoms with E-state index in [9.17, 15) is 9.18 Å². The van der Waals surface area contributed by atoms with E-state index in [-0.39, 0.29) is 18.9 Å². The maximum atomic E-state index is 12.6. The fourth-order valence-corrected chi connectivity index (χ4v) is 1.54. The van der Waals surface area contributed by atoms with Crippen molar-refractivity contribution in [3.8, 4) is 5.75 Å². The van der Waals surface area contributed by atoms with E-state index in [1.165, 1.54) is 18.3 Å². The molecule has 1 aromatic carbocycles. The summed E-state index contributed by atoms with van der Waals surface area (Å²) in [4.78, 5) is 15.1. The highest BCUT2D eigenvalue weighted by molar-refractivity contribution is 5.90. The van der Waals surface area contributed by atoms with Gasteiger partial charge in [-0.25, -0.2) is 4.98 Å². The van der Waals surface area contributed by atoms with Gasteiger partial charge in [0.05, 0.1) is 30.6 Å². The number of para-hydroxylation sites is 2. The van der Waals surface area contributed by atoms with Gasteiger partial charge in [-0.05, 0) is 24.3 Å². The van der Waals surface area contributed by atoms with Crippen molar-refractivity contribution in [1.29, 1.82) is 0 Å². The number of aromatic nitrogens is 1. The van der Waals surface area contributed by atoms with E-state index in [1.54, 1.807) is 24.3 Å². The molecule has 0 saturated heterocycles. The summed E-state index contributed by atoms with van der Waals surface area (Å²) >= 11 is 0. The highest BCUT2D eigenvalue weighted by Crippen LogP contribution is 2.19. The van der Waals surface area contributed by atoms with Crippen LogP contribution in [0.1, 0.15) is 6.42 Å². The normalized spacial score (nSPS) is 10.1. The number of halogens is 1. The molecule has 3 N–H and O–H groups in total. The number of amides is 1. The minimum atomic E-state index is -0.592. The highest BCUT2D eigenvalue weighted by Gasteiger charge is 2.04. The van der Waals surface area contributed by atoms with Crippen LogP contribution in [0.2, 0.25) is 0 Å². The molecule has 0 spiro atoms. The molecular formula is C14H14FN3O2. The van der Waals surface area contributed by atoms with Crippen molar-refractivity contribution in [3.05, 3.63) is 48.5 Å². The number of hydrogen-bond donors (Lipinski definition) is 2. The first-order chi connectivity index (χ1) is 9.65. The molecule has 20 heavy (non-hydrogen) atoms. The SMILES string of the molecule is Nc1ccccc1OCCC(=O)Nc1ccc(F)nc1. The Morgan fingerprint density at radius 2 is 2.10 bits per heavy atom. The zero-order valence-corrected chi connectivity index (χ0v) is 10.7. The Morgan fingerprint density at radius 3 is 2.80 bits per heavy atom. The van der Waals surface area contributed by atoms with Gasteiger partial charge < -0.3 is 15.8 Å². The summed E-state index contributed by atoms with van der Waals surface area (Å²) in [6.07, 6.45) is 1.41. The second-order valence-corrected chi connectivity index (χ2v) is 4.05. The van der Waals surface area contributed by atoms with Crippen molar-refractivity contribution < 1.29 is 13.9 Å². The molecular weight excluding hydrogens is 261 g/mol. The lowest BCUT2D eigenvalue weighted by Gasteiger charge is -2.08. The monoisotopic (exact) mass is 275 g/mol. The van der Waals surface area contributed by atoms with Crippen LogP contribution in [0.3, 0.4) is 0 Å². The molecule has 2 aromatic rings.